The second kappa shape index (κ2) is 6.65. The van der Waals surface area contributed by atoms with Crippen molar-refractivity contribution in [2.75, 3.05) is 13.1 Å². The Balaban J connectivity index is 1.99. The smallest absolute Gasteiger partial charge is 0.197 e. The van der Waals surface area contributed by atoms with Gasteiger partial charge in [0, 0.05) is 25.1 Å². The van der Waals surface area contributed by atoms with E-state index in [1.165, 1.54) is 0 Å². The van der Waals surface area contributed by atoms with Crippen molar-refractivity contribution in [3.05, 3.63) is 29.2 Å². The fourth-order valence-corrected chi connectivity index (χ4v) is 1.91. The highest BCUT2D eigenvalue weighted by Gasteiger charge is 2.13. The molecule has 110 valence electrons. The molecule has 0 fully saturated rings. The lowest BCUT2D eigenvalue weighted by Crippen LogP contribution is -2.16. The van der Waals surface area contributed by atoms with Crippen LogP contribution in [-0.2, 0) is 13.0 Å². The Morgan fingerprint density at radius 3 is 2.85 bits per heavy atom. The molecule has 1 N–H and O–H groups in total. The molecule has 2 heterocycles. The maximum Gasteiger partial charge on any atom is 0.197 e. The third kappa shape index (κ3) is 3.66. The molecule has 0 unspecified atom stereocenters. The molecule has 0 bridgehead atoms. The summed E-state index contributed by atoms with van der Waals surface area (Å²) >= 11 is 0. The molecule has 20 heavy (non-hydrogen) atoms. The highest BCUT2D eigenvalue weighted by atomic mass is 16.4. The molecule has 0 atom stereocenters. The largest absolute Gasteiger partial charge is 0.443 e. The van der Waals surface area contributed by atoms with E-state index in [1.807, 2.05) is 13.1 Å². The van der Waals surface area contributed by atoms with E-state index in [-0.39, 0.29) is 0 Å². The van der Waals surface area contributed by atoms with Crippen LogP contribution >= 0.6 is 0 Å². The van der Waals surface area contributed by atoms with Crippen LogP contribution in [0.15, 0.2) is 10.6 Å². The van der Waals surface area contributed by atoms with Gasteiger partial charge in [-0.3, -0.25) is 0 Å². The first-order valence-corrected chi connectivity index (χ1v) is 7.16. The van der Waals surface area contributed by atoms with Gasteiger partial charge in [-0.15, -0.1) is 5.10 Å². The molecule has 0 aliphatic heterocycles. The summed E-state index contributed by atoms with van der Waals surface area (Å²) in [5, 5.41) is 11.6. The molecule has 0 amide bonds. The second-order valence-electron chi connectivity index (χ2n) is 5.23. The number of aromatic nitrogens is 4. The Hall–Kier alpha value is -1.69. The Morgan fingerprint density at radius 2 is 2.20 bits per heavy atom. The first kappa shape index (κ1) is 14.7. The van der Waals surface area contributed by atoms with Gasteiger partial charge >= 0.3 is 0 Å². The van der Waals surface area contributed by atoms with Crippen molar-refractivity contribution >= 4 is 0 Å². The maximum atomic E-state index is 5.78. The lowest BCUT2D eigenvalue weighted by Gasteiger charge is -1.98. The SMILES string of the molecule is CCNCCc1cn(Cc2oc(C(C)C)nc2C)nn1. The number of hydrogen-bond acceptors (Lipinski definition) is 5. The van der Waals surface area contributed by atoms with E-state index in [1.54, 1.807) is 4.68 Å². The lowest BCUT2D eigenvalue weighted by atomic mass is 10.2. The summed E-state index contributed by atoms with van der Waals surface area (Å²) in [5.41, 5.74) is 1.92. The molecule has 6 nitrogen and oxygen atoms in total. The normalized spacial score (nSPS) is 11.4. The third-order valence-electron chi connectivity index (χ3n) is 3.10. The van der Waals surface area contributed by atoms with Crippen LogP contribution in [0.5, 0.6) is 0 Å². The molecular formula is C14H23N5O. The van der Waals surface area contributed by atoms with E-state index in [2.05, 4.69) is 41.4 Å². The Morgan fingerprint density at radius 1 is 1.40 bits per heavy atom. The Bertz CT molecular complexity index is 544. The van der Waals surface area contributed by atoms with Gasteiger partial charge in [-0.25, -0.2) is 9.67 Å². The predicted molar refractivity (Wildman–Crippen MR) is 76.7 cm³/mol. The molecule has 0 saturated carbocycles. The summed E-state index contributed by atoms with van der Waals surface area (Å²) in [5.74, 6) is 1.94. The maximum absolute atomic E-state index is 5.78. The quantitative estimate of drug-likeness (QED) is 0.783. The molecule has 0 spiro atoms. The molecular weight excluding hydrogens is 254 g/mol. The minimum absolute atomic E-state index is 0.300. The Labute approximate surface area is 119 Å². The monoisotopic (exact) mass is 277 g/mol. The van der Waals surface area contributed by atoms with Gasteiger partial charge in [-0.2, -0.15) is 0 Å². The van der Waals surface area contributed by atoms with Crippen molar-refractivity contribution in [3.8, 4) is 0 Å². The summed E-state index contributed by atoms with van der Waals surface area (Å²) in [6.07, 6.45) is 2.86. The van der Waals surface area contributed by atoms with Crippen LogP contribution in [0.3, 0.4) is 0 Å². The number of rotatable bonds is 7. The van der Waals surface area contributed by atoms with Crippen LogP contribution in [0, 0.1) is 6.92 Å². The van der Waals surface area contributed by atoms with Crippen LogP contribution < -0.4 is 5.32 Å². The van der Waals surface area contributed by atoms with Gasteiger partial charge in [-0.1, -0.05) is 26.0 Å². The number of oxazole rings is 1. The molecule has 0 saturated heterocycles. The summed E-state index contributed by atoms with van der Waals surface area (Å²) in [7, 11) is 0. The highest BCUT2D eigenvalue weighted by molar-refractivity contribution is 5.10. The number of likely N-dealkylation sites (N-methyl/N-ethyl adjacent to an activating group) is 1. The van der Waals surface area contributed by atoms with Gasteiger partial charge in [0.25, 0.3) is 0 Å². The minimum Gasteiger partial charge on any atom is -0.443 e. The average Bonchev–Trinajstić information content (AvgIpc) is 2.98. The lowest BCUT2D eigenvalue weighted by molar-refractivity contribution is 0.418. The standard InChI is InChI=1S/C14H23N5O/c1-5-15-7-6-12-8-19(18-17-12)9-13-11(4)16-14(20-13)10(2)3/h8,10,15H,5-7,9H2,1-4H3. The fourth-order valence-electron chi connectivity index (χ4n) is 1.91. The van der Waals surface area contributed by atoms with Crippen molar-refractivity contribution < 1.29 is 4.42 Å². The van der Waals surface area contributed by atoms with Crippen LogP contribution in [0.4, 0.5) is 0 Å². The summed E-state index contributed by atoms with van der Waals surface area (Å²) in [6.45, 7) is 10.7. The minimum atomic E-state index is 0.300. The predicted octanol–water partition coefficient (Wildman–Crippen LogP) is 1.90. The molecule has 2 aromatic rings. The molecule has 0 aliphatic rings. The number of hydrogen-bond donors (Lipinski definition) is 1. The van der Waals surface area contributed by atoms with Crippen molar-refractivity contribution in [1.29, 1.82) is 0 Å². The summed E-state index contributed by atoms with van der Waals surface area (Å²) < 4.78 is 7.58. The fraction of sp³-hybridized carbons (Fsp3) is 0.643. The van der Waals surface area contributed by atoms with E-state index in [0.717, 1.165) is 42.5 Å². The van der Waals surface area contributed by atoms with E-state index < -0.39 is 0 Å². The number of nitrogens with one attached hydrogen (secondary N) is 1. The van der Waals surface area contributed by atoms with Crippen LogP contribution in [-0.4, -0.2) is 33.1 Å². The third-order valence-corrected chi connectivity index (χ3v) is 3.10. The van der Waals surface area contributed by atoms with Gasteiger partial charge in [0.05, 0.1) is 11.4 Å². The molecule has 2 aromatic heterocycles. The van der Waals surface area contributed by atoms with Gasteiger partial charge in [0.2, 0.25) is 0 Å². The van der Waals surface area contributed by atoms with Gasteiger partial charge < -0.3 is 9.73 Å². The van der Waals surface area contributed by atoms with E-state index in [9.17, 15) is 0 Å². The van der Waals surface area contributed by atoms with Crippen molar-refractivity contribution in [1.82, 2.24) is 25.3 Å². The van der Waals surface area contributed by atoms with Crippen molar-refractivity contribution in [3.63, 3.8) is 0 Å². The molecule has 2 rings (SSSR count). The topological polar surface area (TPSA) is 68.8 Å². The second-order valence-corrected chi connectivity index (χ2v) is 5.23. The molecule has 0 aliphatic carbocycles. The van der Waals surface area contributed by atoms with E-state index >= 15 is 0 Å². The van der Waals surface area contributed by atoms with E-state index in [0.29, 0.717) is 12.5 Å². The zero-order valence-electron chi connectivity index (χ0n) is 12.7. The van der Waals surface area contributed by atoms with Crippen molar-refractivity contribution in [2.24, 2.45) is 0 Å². The van der Waals surface area contributed by atoms with Gasteiger partial charge in [-0.05, 0) is 13.5 Å². The van der Waals surface area contributed by atoms with Crippen LogP contribution in [0.1, 0.15) is 49.7 Å². The molecule has 0 radical (unpaired) electrons. The molecule has 0 aromatic carbocycles. The highest BCUT2D eigenvalue weighted by Crippen LogP contribution is 2.18. The zero-order valence-corrected chi connectivity index (χ0v) is 12.7. The summed E-state index contributed by atoms with van der Waals surface area (Å²) in [4.78, 5) is 4.44. The summed E-state index contributed by atoms with van der Waals surface area (Å²) in [6, 6.07) is 0. The van der Waals surface area contributed by atoms with Gasteiger partial charge in [0.1, 0.15) is 12.3 Å². The van der Waals surface area contributed by atoms with Gasteiger partial charge in [0.15, 0.2) is 5.89 Å². The van der Waals surface area contributed by atoms with E-state index in [4.69, 9.17) is 4.42 Å². The first-order chi connectivity index (χ1) is 9.60. The van der Waals surface area contributed by atoms with Crippen LogP contribution in [0.2, 0.25) is 0 Å². The number of nitrogens with zero attached hydrogens (tertiary/aromatic N) is 4. The van der Waals surface area contributed by atoms with Crippen LogP contribution in [0.25, 0.3) is 0 Å². The molecule has 6 heteroatoms. The number of aryl methyl sites for hydroxylation is 1. The average molecular weight is 277 g/mol. The Kier molecular flexibility index (Phi) is 4.89. The zero-order chi connectivity index (χ0) is 14.5. The van der Waals surface area contributed by atoms with Crippen molar-refractivity contribution in [2.45, 2.75) is 46.6 Å². The first-order valence-electron chi connectivity index (χ1n) is 7.16.